The maximum atomic E-state index is 14.4. The number of ether oxygens (including phenoxy) is 11. The monoisotopic (exact) mass is 822 g/mol. The Morgan fingerprint density at radius 3 is 1.09 bits per heavy atom. The van der Waals surface area contributed by atoms with Gasteiger partial charge in [0.15, 0.2) is 5.60 Å². The van der Waals surface area contributed by atoms with Gasteiger partial charge in [-0.25, -0.2) is 4.79 Å². The highest BCUT2D eigenvalue weighted by atomic mass is 19.4. The maximum absolute atomic E-state index is 14.4. The zero-order chi connectivity index (χ0) is 40.8. The largest absolute Gasteiger partial charge is 0.507 e. The SMILES string of the molecule is O=C1OC(c2cc3c(O)c(c2)COCCOCCOCCOCCOC3)(c2cc3c(O)c(c2)COCCOCCOCCOCCOC3)c2cc(C(F)(F)F)ccc21. The highest BCUT2D eigenvalue weighted by Crippen LogP contribution is 2.51. The Balaban J connectivity index is 1.48. The van der Waals surface area contributed by atoms with Crippen LogP contribution >= 0.6 is 0 Å². The number of phenolic OH excluding ortho intramolecular Hbond substituents is 2. The number of carbonyl (C=O) groups excluding carboxylic acids is 1. The van der Waals surface area contributed by atoms with Crippen LogP contribution in [-0.4, -0.2) is 122 Å². The summed E-state index contributed by atoms with van der Waals surface area (Å²) in [5.74, 6) is -1.22. The van der Waals surface area contributed by atoms with E-state index >= 15 is 0 Å². The first-order chi connectivity index (χ1) is 28.2. The molecule has 3 aromatic carbocycles. The average Bonchev–Trinajstić information content (AvgIpc) is 3.50. The molecule has 0 saturated heterocycles. The van der Waals surface area contributed by atoms with Gasteiger partial charge in [-0.1, -0.05) is 0 Å². The third kappa shape index (κ3) is 11.2. The van der Waals surface area contributed by atoms with Crippen molar-refractivity contribution in [3.63, 3.8) is 0 Å². The van der Waals surface area contributed by atoms with E-state index in [2.05, 4.69) is 0 Å². The molecule has 0 aromatic heterocycles. The summed E-state index contributed by atoms with van der Waals surface area (Å²) in [7, 11) is 0. The lowest BCUT2D eigenvalue weighted by Crippen LogP contribution is -2.31. The van der Waals surface area contributed by atoms with Crippen LogP contribution in [0.2, 0.25) is 0 Å². The van der Waals surface area contributed by atoms with E-state index in [0.29, 0.717) is 52.9 Å². The minimum Gasteiger partial charge on any atom is -0.507 e. The second-order valence-electron chi connectivity index (χ2n) is 13.5. The number of hydrogen-bond acceptors (Lipinski definition) is 14. The smallest absolute Gasteiger partial charge is 0.416 e. The van der Waals surface area contributed by atoms with E-state index in [1.54, 1.807) is 0 Å². The molecule has 0 amide bonds. The van der Waals surface area contributed by atoms with Crippen molar-refractivity contribution >= 4 is 5.97 Å². The van der Waals surface area contributed by atoms with Gasteiger partial charge in [-0.3, -0.25) is 0 Å². The predicted molar refractivity (Wildman–Crippen MR) is 196 cm³/mol. The van der Waals surface area contributed by atoms with Crippen molar-refractivity contribution in [3.05, 3.63) is 92.5 Å². The van der Waals surface area contributed by atoms with Gasteiger partial charge in [0, 0.05) is 38.9 Å². The van der Waals surface area contributed by atoms with Gasteiger partial charge < -0.3 is 62.3 Å². The molecule has 318 valence electrons. The summed E-state index contributed by atoms with van der Waals surface area (Å²) in [6, 6.07) is 8.91. The fourth-order valence-corrected chi connectivity index (χ4v) is 6.68. The van der Waals surface area contributed by atoms with Gasteiger partial charge in [0.2, 0.25) is 0 Å². The summed E-state index contributed by atoms with van der Waals surface area (Å²) in [5.41, 5.74) is -1.88. The molecule has 0 unspecified atom stereocenters. The molecule has 14 nitrogen and oxygen atoms in total. The van der Waals surface area contributed by atoms with Gasteiger partial charge in [0.25, 0.3) is 0 Å². The van der Waals surface area contributed by atoms with Gasteiger partial charge in [-0.15, -0.1) is 0 Å². The molecule has 3 aliphatic rings. The second-order valence-corrected chi connectivity index (χ2v) is 13.5. The number of rotatable bonds is 2. The van der Waals surface area contributed by atoms with Crippen molar-refractivity contribution in [2.24, 2.45) is 0 Å². The molecule has 6 rings (SSSR count). The first-order valence-corrected chi connectivity index (χ1v) is 19.1. The molecule has 2 N–H and O–H groups in total. The van der Waals surface area contributed by atoms with E-state index in [9.17, 15) is 28.2 Å². The molecule has 0 spiro atoms. The van der Waals surface area contributed by atoms with Crippen molar-refractivity contribution in [2.75, 3.05) is 106 Å². The normalized spacial score (nSPS) is 20.4. The molecular formula is C41H49F3O14. The Bertz CT molecular complexity index is 1640. The molecular weight excluding hydrogens is 773 g/mol. The lowest BCUT2D eigenvalue weighted by Gasteiger charge is -2.33. The number of benzene rings is 3. The number of halogens is 3. The third-order valence-corrected chi connectivity index (χ3v) is 9.55. The van der Waals surface area contributed by atoms with Crippen LogP contribution in [0.25, 0.3) is 0 Å². The molecule has 0 aliphatic carbocycles. The number of phenols is 2. The van der Waals surface area contributed by atoms with Gasteiger partial charge >= 0.3 is 12.1 Å². The van der Waals surface area contributed by atoms with E-state index < -0.39 is 23.3 Å². The van der Waals surface area contributed by atoms with Crippen molar-refractivity contribution in [2.45, 2.75) is 38.2 Å². The molecule has 0 fully saturated rings. The Morgan fingerprint density at radius 2 is 0.776 bits per heavy atom. The van der Waals surface area contributed by atoms with Crippen LogP contribution in [0.4, 0.5) is 13.2 Å². The zero-order valence-electron chi connectivity index (χ0n) is 32.1. The average molecular weight is 823 g/mol. The number of hydrogen-bond donors (Lipinski definition) is 2. The number of cyclic esters (lactones) is 1. The van der Waals surface area contributed by atoms with Gasteiger partial charge in [0.05, 0.1) is 143 Å². The molecule has 0 radical (unpaired) electrons. The molecule has 3 aromatic rings. The Kier molecular flexibility index (Phi) is 16.1. The molecule has 17 heteroatoms. The fraction of sp³-hybridized carbons (Fsp3) is 0.537. The molecule has 58 heavy (non-hydrogen) atoms. The molecule has 0 atom stereocenters. The first kappa shape index (κ1) is 43.7. The lowest BCUT2D eigenvalue weighted by molar-refractivity contribution is -0.137. The lowest BCUT2D eigenvalue weighted by atomic mass is 9.77. The summed E-state index contributed by atoms with van der Waals surface area (Å²) in [5, 5.41) is 23.1. The highest BCUT2D eigenvalue weighted by Gasteiger charge is 2.51. The van der Waals surface area contributed by atoms with Crippen molar-refractivity contribution in [3.8, 4) is 11.5 Å². The summed E-state index contributed by atoms with van der Waals surface area (Å²) in [6.45, 7) is 3.67. The van der Waals surface area contributed by atoms with Gasteiger partial charge in [-0.2, -0.15) is 13.2 Å². The van der Waals surface area contributed by atoms with Crippen LogP contribution in [0.15, 0.2) is 42.5 Å². The standard InChI is InChI=1S/C41H49F3O14/c42-41(43,44)32-1-2-35-36(23-32)40(58-39(35)47,33-19-28-24-54-15-11-50-7-3-48-4-8-51-12-16-55-25-29(20-33)37(28)45)34-21-30-26-56-17-13-52-9-5-49-6-10-53-14-18-57-27-31(22-34)38(30)46/h1-2,19-23,45-46H,3-18,24-27H2. The van der Waals surface area contributed by atoms with E-state index in [0.717, 1.165) is 18.2 Å². The highest BCUT2D eigenvalue weighted by molar-refractivity contribution is 5.96. The van der Waals surface area contributed by atoms with E-state index in [1.807, 2.05) is 0 Å². The molecule has 3 heterocycles. The van der Waals surface area contributed by atoms with E-state index in [-0.39, 0.29) is 135 Å². The maximum Gasteiger partial charge on any atom is 0.416 e. The van der Waals surface area contributed by atoms with Crippen LogP contribution in [0.3, 0.4) is 0 Å². The third-order valence-electron chi connectivity index (χ3n) is 9.55. The zero-order valence-corrected chi connectivity index (χ0v) is 32.1. The minimum atomic E-state index is -4.78. The van der Waals surface area contributed by atoms with Crippen LogP contribution in [0.5, 0.6) is 11.5 Å². The first-order valence-electron chi connectivity index (χ1n) is 19.1. The van der Waals surface area contributed by atoms with Crippen LogP contribution < -0.4 is 0 Å². The number of carbonyl (C=O) groups is 1. The topological polar surface area (TPSA) is 159 Å². The quantitative estimate of drug-likeness (QED) is 0.341. The van der Waals surface area contributed by atoms with Gasteiger partial charge in [-0.05, 0) is 42.5 Å². The van der Waals surface area contributed by atoms with Crippen molar-refractivity contribution in [1.29, 1.82) is 0 Å². The second kappa shape index (κ2) is 21.4. The van der Waals surface area contributed by atoms with E-state index in [1.165, 1.54) is 24.3 Å². The van der Waals surface area contributed by atoms with Crippen LogP contribution in [-0.2, 0) is 90.3 Å². The summed E-state index contributed by atoms with van der Waals surface area (Å²) in [4.78, 5) is 13.8. The van der Waals surface area contributed by atoms with Crippen molar-refractivity contribution < 1.29 is 80.3 Å². The fourth-order valence-electron chi connectivity index (χ4n) is 6.68. The summed E-state index contributed by atoms with van der Waals surface area (Å²) >= 11 is 0. The number of aromatic hydroxyl groups is 2. The Hall–Kier alpha value is -3.88. The number of esters is 1. The number of fused-ring (bicyclic) bond motifs is 5. The molecule has 3 aliphatic heterocycles. The Morgan fingerprint density at radius 1 is 0.466 bits per heavy atom. The molecule has 0 saturated carbocycles. The van der Waals surface area contributed by atoms with Crippen LogP contribution in [0.1, 0.15) is 54.9 Å². The minimum absolute atomic E-state index is 0.0974. The van der Waals surface area contributed by atoms with E-state index in [4.69, 9.17) is 52.1 Å². The number of alkyl halides is 3. The van der Waals surface area contributed by atoms with Gasteiger partial charge in [0.1, 0.15) is 11.5 Å². The van der Waals surface area contributed by atoms with Crippen molar-refractivity contribution in [1.82, 2.24) is 0 Å². The van der Waals surface area contributed by atoms with Crippen LogP contribution in [0, 0.1) is 0 Å². The predicted octanol–water partition coefficient (Wildman–Crippen LogP) is 4.77. The molecule has 4 bridgehead atoms. The summed E-state index contributed by atoms with van der Waals surface area (Å²) in [6.07, 6.45) is -4.78. The Labute approximate surface area is 333 Å². The summed E-state index contributed by atoms with van der Waals surface area (Å²) < 4.78 is 106.